The number of hydrogen-bond acceptors (Lipinski definition) is 4. The molecule has 1 aliphatic heterocycles. The van der Waals surface area contributed by atoms with Crippen molar-refractivity contribution in [1.82, 2.24) is 10.2 Å². The fraction of sp³-hybridized carbons (Fsp3) is 0.625. The Hall–Kier alpha value is -0.940. The summed E-state index contributed by atoms with van der Waals surface area (Å²) in [4.78, 5) is 2.13. The fourth-order valence-electron chi connectivity index (χ4n) is 2.37. The Bertz CT molecular complexity index is 396. The largest absolute Gasteiger partial charge is 0.379 e. The molecule has 1 aromatic carbocycles. The topological polar surface area (TPSA) is 33.7 Å². The lowest BCUT2D eigenvalue weighted by Crippen LogP contribution is -2.30. The third kappa shape index (κ3) is 4.87. The summed E-state index contributed by atoms with van der Waals surface area (Å²) in [5.41, 5.74) is 2.76. The Labute approximate surface area is 122 Å². The minimum absolute atomic E-state index is 0.182. The fourth-order valence-corrected chi connectivity index (χ4v) is 2.37. The van der Waals surface area contributed by atoms with Gasteiger partial charge >= 0.3 is 0 Å². The van der Waals surface area contributed by atoms with Gasteiger partial charge in [-0.2, -0.15) is 0 Å². The first-order chi connectivity index (χ1) is 9.77. The van der Waals surface area contributed by atoms with E-state index < -0.39 is 0 Å². The molecule has 0 saturated carbocycles. The summed E-state index contributed by atoms with van der Waals surface area (Å²) in [5.74, 6) is 0. The highest BCUT2D eigenvalue weighted by Gasteiger charge is 2.19. The number of hydrogen-bond donors (Lipinski definition) is 1. The monoisotopic (exact) mass is 278 g/mol. The van der Waals surface area contributed by atoms with E-state index in [9.17, 15) is 0 Å². The molecular formula is C16H26N2O2. The van der Waals surface area contributed by atoms with Gasteiger partial charge in [0.1, 0.15) is 0 Å². The number of nitrogens with one attached hydrogen (secondary N) is 1. The van der Waals surface area contributed by atoms with Gasteiger partial charge in [-0.15, -0.1) is 0 Å². The van der Waals surface area contributed by atoms with Gasteiger partial charge in [0.2, 0.25) is 0 Å². The zero-order valence-corrected chi connectivity index (χ0v) is 12.6. The molecule has 0 bridgehead atoms. The maximum absolute atomic E-state index is 5.85. The van der Waals surface area contributed by atoms with Gasteiger partial charge in [0.05, 0.1) is 25.9 Å². The first-order valence-electron chi connectivity index (χ1n) is 7.40. The van der Waals surface area contributed by atoms with E-state index in [4.69, 9.17) is 9.47 Å². The first kappa shape index (κ1) is 15.4. The van der Waals surface area contributed by atoms with Crippen LogP contribution in [0.15, 0.2) is 24.3 Å². The van der Waals surface area contributed by atoms with Gasteiger partial charge < -0.3 is 19.7 Å². The zero-order valence-electron chi connectivity index (χ0n) is 12.6. The summed E-state index contributed by atoms with van der Waals surface area (Å²) in [5, 5.41) is 3.42. The van der Waals surface area contributed by atoms with E-state index >= 15 is 0 Å². The van der Waals surface area contributed by atoms with Gasteiger partial charge in [-0.05, 0) is 31.6 Å². The quantitative estimate of drug-likeness (QED) is 0.730. The Morgan fingerprint density at radius 3 is 3.00 bits per heavy atom. The normalized spacial score (nSPS) is 18.2. The third-order valence-electron chi connectivity index (χ3n) is 3.53. The molecule has 1 aliphatic rings. The molecule has 0 spiro atoms. The molecule has 0 saturated heterocycles. The predicted octanol–water partition coefficient (Wildman–Crippen LogP) is 1.47. The molecule has 0 aromatic heterocycles. The van der Waals surface area contributed by atoms with E-state index in [2.05, 4.69) is 48.6 Å². The van der Waals surface area contributed by atoms with Crippen LogP contribution in [0, 0.1) is 0 Å². The van der Waals surface area contributed by atoms with Gasteiger partial charge in [0.25, 0.3) is 0 Å². The molecule has 0 amide bonds. The minimum Gasteiger partial charge on any atom is -0.379 e. The summed E-state index contributed by atoms with van der Waals surface area (Å²) >= 11 is 0. The van der Waals surface area contributed by atoms with Crippen molar-refractivity contribution in [3.05, 3.63) is 35.4 Å². The van der Waals surface area contributed by atoms with Crippen LogP contribution < -0.4 is 5.32 Å². The van der Waals surface area contributed by atoms with Gasteiger partial charge in [-0.3, -0.25) is 0 Å². The SMILES string of the molecule is CN(C)CCOCCNCC1OCCc2ccccc21. The number of likely N-dealkylation sites (N-methyl/N-ethyl adjacent to an activating group) is 1. The molecule has 0 aliphatic carbocycles. The van der Waals surface area contributed by atoms with E-state index in [-0.39, 0.29) is 6.10 Å². The molecule has 1 unspecified atom stereocenters. The minimum atomic E-state index is 0.182. The lowest BCUT2D eigenvalue weighted by atomic mass is 9.97. The summed E-state index contributed by atoms with van der Waals surface area (Å²) < 4.78 is 11.4. The second kappa shape index (κ2) is 8.37. The Morgan fingerprint density at radius 1 is 1.30 bits per heavy atom. The van der Waals surface area contributed by atoms with Crippen LogP contribution in [0.4, 0.5) is 0 Å². The van der Waals surface area contributed by atoms with Crippen molar-refractivity contribution in [2.45, 2.75) is 12.5 Å². The van der Waals surface area contributed by atoms with Gasteiger partial charge in [0.15, 0.2) is 0 Å². The summed E-state index contributed by atoms with van der Waals surface area (Å²) in [6.45, 7) is 5.06. The second-order valence-electron chi connectivity index (χ2n) is 5.43. The molecule has 1 N–H and O–H groups in total. The summed E-state index contributed by atoms with van der Waals surface area (Å²) in [7, 11) is 4.11. The molecule has 112 valence electrons. The number of ether oxygens (including phenoxy) is 2. The Morgan fingerprint density at radius 2 is 2.15 bits per heavy atom. The molecule has 4 heteroatoms. The van der Waals surface area contributed by atoms with E-state index in [0.717, 1.165) is 45.9 Å². The highest BCUT2D eigenvalue weighted by Crippen LogP contribution is 2.25. The van der Waals surface area contributed by atoms with Crippen LogP contribution in [0.5, 0.6) is 0 Å². The first-order valence-corrected chi connectivity index (χ1v) is 7.40. The molecule has 1 aromatic rings. The number of benzene rings is 1. The number of rotatable bonds is 8. The van der Waals surface area contributed by atoms with Crippen LogP contribution in [0.2, 0.25) is 0 Å². The van der Waals surface area contributed by atoms with Crippen molar-refractivity contribution >= 4 is 0 Å². The van der Waals surface area contributed by atoms with Crippen LogP contribution >= 0.6 is 0 Å². The van der Waals surface area contributed by atoms with Crippen molar-refractivity contribution < 1.29 is 9.47 Å². The third-order valence-corrected chi connectivity index (χ3v) is 3.53. The smallest absolute Gasteiger partial charge is 0.0952 e. The zero-order chi connectivity index (χ0) is 14.2. The molecule has 1 heterocycles. The molecule has 2 rings (SSSR count). The van der Waals surface area contributed by atoms with Gasteiger partial charge in [0, 0.05) is 19.6 Å². The van der Waals surface area contributed by atoms with Crippen LogP contribution in [0.1, 0.15) is 17.2 Å². The Balaban J connectivity index is 1.63. The standard InChI is InChI=1S/C16H26N2O2/c1-18(2)9-12-19-11-8-17-13-16-15-6-4-3-5-14(15)7-10-20-16/h3-6,16-17H,7-13H2,1-2H3. The molecule has 20 heavy (non-hydrogen) atoms. The Kier molecular flexibility index (Phi) is 6.47. The molecule has 0 radical (unpaired) electrons. The maximum Gasteiger partial charge on any atom is 0.0952 e. The van der Waals surface area contributed by atoms with Crippen molar-refractivity contribution in [3.63, 3.8) is 0 Å². The van der Waals surface area contributed by atoms with Crippen molar-refractivity contribution in [1.29, 1.82) is 0 Å². The summed E-state index contributed by atoms with van der Waals surface area (Å²) in [6.07, 6.45) is 1.21. The molecule has 1 atom stereocenters. The lowest BCUT2D eigenvalue weighted by Gasteiger charge is -2.26. The number of nitrogens with zero attached hydrogens (tertiary/aromatic N) is 1. The highest BCUT2D eigenvalue weighted by atomic mass is 16.5. The van der Waals surface area contributed by atoms with Crippen LogP contribution in [-0.2, 0) is 15.9 Å². The van der Waals surface area contributed by atoms with E-state index in [1.807, 2.05) is 0 Å². The van der Waals surface area contributed by atoms with Gasteiger partial charge in [-0.1, -0.05) is 24.3 Å². The van der Waals surface area contributed by atoms with Crippen molar-refractivity contribution in [2.75, 3.05) is 53.6 Å². The van der Waals surface area contributed by atoms with E-state index in [1.165, 1.54) is 11.1 Å². The van der Waals surface area contributed by atoms with Crippen LogP contribution in [-0.4, -0.2) is 58.5 Å². The van der Waals surface area contributed by atoms with Crippen LogP contribution in [0.25, 0.3) is 0 Å². The average Bonchev–Trinajstić information content (AvgIpc) is 2.46. The molecular weight excluding hydrogens is 252 g/mol. The second-order valence-corrected chi connectivity index (χ2v) is 5.43. The predicted molar refractivity (Wildman–Crippen MR) is 81.1 cm³/mol. The van der Waals surface area contributed by atoms with E-state index in [0.29, 0.717) is 0 Å². The van der Waals surface area contributed by atoms with Gasteiger partial charge in [-0.25, -0.2) is 0 Å². The highest BCUT2D eigenvalue weighted by molar-refractivity contribution is 5.31. The van der Waals surface area contributed by atoms with Crippen molar-refractivity contribution in [3.8, 4) is 0 Å². The molecule has 0 fully saturated rings. The van der Waals surface area contributed by atoms with E-state index in [1.54, 1.807) is 0 Å². The average molecular weight is 278 g/mol. The number of fused-ring (bicyclic) bond motifs is 1. The van der Waals surface area contributed by atoms with Crippen LogP contribution in [0.3, 0.4) is 0 Å². The lowest BCUT2D eigenvalue weighted by molar-refractivity contribution is 0.0404. The summed E-state index contributed by atoms with van der Waals surface area (Å²) in [6, 6.07) is 8.57. The molecule has 4 nitrogen and oxygen atoms in total. The maximum atomic E-state index is 5.85. The van der Waals surface area contributed by atoms with Crippen molar-refractivity contribution in [2.24, 2.45) is 0 Å².